The minimum atomic E-state index is -3.80. The van der Waals surface area contributed by atoms with Gasteiger partial charge in [-0.15, -0.1) is 0 Å². The summed E-state index contributed by atoms with van der Waals surface area (Å²) in [4.78, 5) is -0.0934. The molecule has 0 fully saturated rings. The lowest BCUT2D eigenvalue weighted by Gasteiger charge is -2.09. The molecular weight excluding hydrogens is 286 g/mol. The zero-order valence-electron chi connectivity index (χ0n) is 9.80. The Kier molecular flexibility index (Phi) is 3.66. The van der Waals surface area contributed by atoms with E-state index >= 15 is 0 Å². The van der Waals surface area contributed by atoms with Crippen molar-refractivity contribution in [1.82, 2.24) is 0 Å². The van der Waals surface area contributed by atoms with Crippen LogP contribution in [0.1, 0.15) is 0 Å². The van der Waals surface area contributed by atoms with Crippen molar-refractivity contribution < 1.29 is 8.42 Å². The standard InChI is InChI=1S/C12H12ClN3O2S/c13-8-2-1-3-9(6-8)16-10-4-5-12(11(14)7-10)19(15,17)18/h1-7,16H,14H2,(H2,15,17,18). The molecule has 0 heterocycles. The molecule has 0 amide bonds. The van der Waals surface area contributed by atoms with Crippen LogP contribution in [0.15, 0.2) is 47.4 Å². The number of benzene rings is 2. The molecule has 7 heteroatoms. The van der Waals surface area contributed by atoms with Crippen molar-refractivity contribution in [2.24, 2.45) is 5.14 Å². The third kappa shape index (κ3) is 3.37. The van der Waals surface area contributed by atoms with Gasteiger partial charge in [-0.05, 0) is 36.4 Å². The number of hydrogen-bond donors (Lipinski definition) is 3. The van der Waals surface area contributed by atoms with E-state index in [9.17, 15) is 8.42 Å². The smallest absolute Gasteiger partial charge is 0.240 e. The fraction of sp³-hybridized carbons (Fsp3) is 0. The molecule has 0 saturated carbocycles. The van der Waals surface area contributed by atoms with Gasteiger partial charge in [0, 0.05) is 16.4 Å². The molecule has 2 aromatic rings. The molecule has 0 bridgehead atoms. The molecule has 0 atom stereocenters. The minimum absolute atomic E-state index is 0.0922. The first-order chi connectivity index (χ1) is 8.86. The second-order valence-electron chi connectivity index (χ2n) is 3.93. The van der Waals surface area contributed by atoms with Crippen molar-refractivity contribution in [2.45, 2.75) is 4.90 Å². The lowest BCUT2D eigenvalue weighted by Crippen LogP contribution is -2.14. The summed E-state index contributed by atoms with van der Waals surface area (Å²) in [6.45, 7) is 0. The Balaban J connectivity index is 2.31. The van der Waals surface area contributed by atoms with E-state index in [0.29, 0.717) is 10.7 Å². The van der Waals surface area contributed by atoms with Crippen molar-refractivity contribution in [1.29, 1.82) is 0 Å². The number of halogens is 1. The quantitative estimate of drug-likeness (QED) is 0.757. The highest BCUT2D eigenvalue weighted by atomic mass is 35.5. The summed E-state index contributed by atoms with van der Waals surface area (Å²) >= 11 is 5.87. The van der Waals surface area contributed by atoms with Gasteiger partial charge in [-0.3, -0.25) is 0 Å². The summed E-state index contributed by atoms with van der Waals surface area (Å²) in [5.41, 5.74) is 7.18. The first kappa shape index (κ1) is 13.7. The van der Waals surface area contributed by atoms with E-state index in [-0.39, 0.29) is 10.6 Å². The van der Waals surface area contributed by atoms with Crippen molar-refractivity contribution in [3.8, 4) is 0 Å². The molecule has 5 nitrogen and oxygen atoms in total. The summed E-state index contributed by atoms with van der Waals surface area (Å²) in [7, 11) is -3.80. The van der Waals surface area contributed by atoms with E-state index in [1.54, 1.807) is 24.3 Å². The number of nitrogen functional groups attached to an aromatic ring is 1. The number of sulfonamides is 1. The topological polar surface area (TPSA) is 98.2 Å². The predicted molar refractivity (Wildman–Crippen MR) is 77.0 cm³/mol. The highest BCUT2D eigenvalue weighted by Crippen LogP contribution is 2.25. The van der Waals surface area contributed by atoms with E-state index in [1.807, 2.05) is 6.07 Å². The van der Waals surface area contributed by atoms with E-state index < -0.39 is 10.0 Å². The molecular formula is C12H12ClN3O2S. The van der Waals surface area contributed by atoms with Gasteiger partial charge in [0.15, 0.2) is 0 Å². The monoisotopic (exact) mass is 297 g/mol. The van der Waals surface area contributed by atoms with Crippen LogP contribution in [0.4, 0.5) is 17.1 Å². The van der Waals surface area contributed by atoms with Gasteiger partial charge in [-0.25, -0.2) is 13.6 Å². The Labute approximate surface area is 116 Å². The normalized spacial score (nSPS) is 11.3. The first-order valence-electron chi connectivity index (χ1n) is 5.31. The molecule has 19 heavy (non-hydrogen) atoms. The first-order valence-corrected chi connectivity index (χ1v) is 7.23. The van der Waals surface area contributed by atoms with Crippen molar-refractivity contribution in [3.05, 3.63) is 47.5 Å². The zero-order chi connectivity index (χ0) is 14.0. The Morgan fingerprint density at radius 1 is 1.05 bits per heavy atom. The van der Waals surface area contributed by atoms with Crippen LogP contribution in [0.3, 0.4) is 0 Å². The van der Waals surface area contributed by atoms with Gasteiger partial charge in [0.25, 0.3) is 0 Å². The molecule has 0 radical (unpaired) electrons. The maximum atomic E-state index is 11.2. The van der Waals surface area contributed by atoms with Gasteiger partial charge in [0.2, 0.25) is 10.0 Å². The number of anilines is 3. The van der Waals surface area contributed by atoms with Crippen LogP contribution in [-0.4, -0.2) is 8.42 Å². The Morgan fingerprint density at radius 3 is 2.32 bits per heavy atom. The Hall–Kier alpha value is -1.76. The van der Waals surface area contributed by atoms with Crippen LogP contribution in [0.25, 0.3) is 0 Å². The zero-order valence-corrected chi connectivity index (χ0v) is 11.4. The van der Waals surface area contributed by atoms with Gasteiger partial charge in [0.1, 0.15) is 4.90 Å². The van der Waals surface area contributed by atoms with Gasteiger partial charge in [0.05, 0.1) is 5.69 Å². The molecule has 0 unspecified atom stereocenters. The highest BCUT2D eigenvalue weighted by Gasteiger charge is 2.12. The molecule has 0 aromatic heterocycles. The SMILES string of the molecule is Nc1cc(Nc2cccc(Cl)c2)ccc1S(N)(=O)=O. The molecule has 5 N–H and O–H groups in total. The molecule has 2 rings (SSSR count). The largest absolute Gasteiger partial charge is 0.398 e. The van der Waals surface area contributed by atoms with Gasteiger partial charge < -0.3 is 11.1 Å². The fourth-order valence-electron chi connectivity index (χ4n) is 1.62. The Bertz CT molecular complexity index is 717. The summed E-state index contributed by atoms with van der Waals surface area (Å²) in [6, 6.07) is 11.6. The average Bonchev–Trinajstić information content (AvgIpc) is 2.27. The Morgan fingerprint density at radius 2 is 1.74 bits per heavy atom. The maximum Gasteiger partial charge on any atom is 0.240 e. The second-order valence-corrected chi connectivity index (χ2v) is 5.90. The third-order valence-corrected chi connectivity index (χ3v) is 3.65. The van der Waals surface area contributed by atoms with Gasteiger partial charge in [-0.2, -0.15) is 0 Å². The van der Waals surface area contributed by atoms with Gasteiger partial charge >= 0.3 is 0 Å². The number of rotatable bonds is 3. The average molecular weight is 298 g/mol. The van der Waals surface area contributed by atoms with Crippen LogP contribution >= 0.6 is 11.6 Å². The van der Waals surface area contributed by atoms with Crippen LogP contribution in [-0.2, 0) is 10.0 Å². The third-order valence-electron chi connectivity index (χ3n) is 2.43. The summed E-state index contributed by atoms with van der Waals surface area (Å²) in [5.74, 6) is 0. The molecule has 0 aliphatic rings. The number of nitrogens with one attached hydrogen (secondary N) is 1. The maximum absolute atomic E-state index is 11.2. The van der Waals surface area contributed by atoms with Crippen LogP contribution < -0.4 is 16.2 Å². The summed E-state index contributed by atoms with van der Waals surface area (Å²) in [5, 5.41) is 8.70. The molecule has 0 aliphatic heterocycles. The van der Waals surface area contributed by atoms with Crippen molar-refractivity contribution in [3.63, 3.8) is 0 Å². The second kappa shape index (κ2) is 5.08. The lowest BCUT2D eigenvalue weighted by atomic mass is 10.2. The molecule has 0 aliphatic carbocycles. The number of primary sulfonamides is 1. The fourth-order valence-corrected chi connectivity index (χ4v) is 2.45. The van der Waals surface area contributed by atoms with Gasteiger partial charge in [-0.1, -0.05) is 17.7 Å². The van der Waals surface area contributed by atoms with E-state index in [4.69, 9.17) is 22.5 Å². The molecule has 100 valence electrons. The summed E-state index contributed by atoms with van der Waals surface area (Å²) < 4.78 is 22.5. The lowest BCUT2D eigenvalue weighted by molar-refractivity contribution is 0.598. The van der Waals surface area contributed by atoms with Crippen molar-refractivity contribution in [2.75, 3.05) is 11.1 Å². The number of nitrogens with two attached hydrogens (primary N) is 2. The van der Waals surface area contributed by atoms with Crippen molar-refractivity contribution >= 4 is 38.7 Å². The van der Waals surface area contributed by atoms with E-state index in [2.05, 4.69) is 5.32 Å². The van der Waals surface area contributed by atoms with E-state index in [0.717, 1.165) is 5.69 Å². The van der Waals surface area contributed by atoms with Crippen LogP contribution in [0, 0.1) is 0 Å². The predicted octanol–water partition coefficient (Wildman–Crippen LogP) is 2.31. The minimum Gasteiger partial charge on any atom is -0.398 e. The highest BCUT2D eigenvalue weighted by molar-refractivity contribution is 7.89. The molecule has 2 aromatic carbocycles. The van der Waals surface area contributed by atoms with E-state index in [1.165, 1.54) is 12.1 Å². The number of hydrogen-bond acceptors (Lipinski definition) is 4. The summed E-state index contributed by atoms with van der Waals surface area (Å²) in [6.07, 6.45) is 0. The molecule has 0 spiro atoms. The molecule has 0 saturated heterocycles. The van der Waals surface area contributed by atoms with Crippen LogP contribution in [0.5, 0.6) is 0 Å². The van der Waals surface area contributed by atoms with Crippen LogP contribution in [0.2, 0.25) is 5.02 Å².